The number of imide groups is 1. The minimum Gasteiger partial charge on any atom is -0.488 e. The molecule has 3 heterocycles. The van der Waals surface area contributed by atoms with Crippen LogP contribution in [0.15, 0.2) is 52.6 Å². The first-order valence-electron chi connectivity index (χ1n) is 9.14. The van der Waals surface area contributed by atoms with E-state index in [4.69, 9.17) is 4.74 Å². The van der Waals surface area contributed by atoms with Crippen molar-refractivity contribution in [2.75, 3.05) is 18.1 Å². The van der Waals surface area contributed by atoms with E-state index in [0.29, 0.717) is 5.57 Å². The lowest BCUT2D eigenvalue weighted by atomic mass is 9.92. The van der Waals surface area contributed by atoms with Crippen molar-refractivity contribution in [3.63, 3.8) is 0 Å². The summed E-state index contributed by atoms with van der Waals surface area (Å²) < 4.78 is 29.4. The van der Waals surface area contributed by atoms with Crippen molar-refractivity contribution in [3.8, 4) is 11.8 Å². The summed E-state index contributed by atoms with van der Waals surface area (Å²) in [5, 5.41) is 9.48. The van der Waals surface area contributed by atoms with Gasteiger partial charge in [0.1, 0.15) is 24.0 Å². The van der Waals surface area contributed by atoms with Crippen LogP contribution in [0.2, 0.25) is 0 Å². The Labute approximate surface area is 168 Å². The van der Waals surface area contributed by atoms with Crippen molar-refractivity contribution < 1.29 is 22.7 Å². The molecule has 0 N–H and O–H groups in total. The fraction of sp³-hybridized carbons (Fsp3) is 0.286. The number of hydrogen-bond acceptors (Lipinski definition) is 6. The van der Waals surface area contributed by atoms with Gasteiger partial charge in [0.05, 0.1) is 17.5 Å². The van der Waals surface area contributed by atoms with Crippen LogP contribution in [0.5, 0.6) is 5.75 Å². The number of carbonyl (C=O) groups is 2. The molecule has 1 aromatic carbocycles. The molecule has 0 aliphatic carbocycles. The van der Waals surface area contributed by atoms with Gasteiger partial charge in [-0.3, -0.25) is 14.5 Å². The van der Waals surface area contributed by atoms with E-state index >= 15 is 0 Å². The molecule has 3 aliphatic heterocycles. The smallest absolute Gasteiger partial charge is 0.271 e. The third-order valence-electron chi connectivity index (χ3n) is 5.33. The van der Waals surface area contributed by atoms with Gasteiger partial charge in [-0.1, -0.05) is 18.2 Å². The molecule has 4 rings (SSSR count). The SMILES string of the molecule is CC1=C(C#N)C(=O)N(C2CCS(=O)(=O)C2)C(=O)C1=CC1=Cc2ccccc2OC1. The van der Waals surface area contributed by atoms with Gasteiger partial charge >= 0.3 is 0 Å². The molecule has 1 atom stereocenters. The van der Waals surface area contributed by atoms with E-state index < -0.39 is 27.7 Å². The quantitative estimate of drug-likeness (QED) is 0.544. The molecule has 8 heteroatoms. The number of ether oxygens (including phenoxy) is 1. The number of rotatable bonds is 2. The molecule has 0 aromatic heterocycles. The number of carbonyl (C=O) groups excluding carboxylic acids is 2. The van der Waals surface area contributed by atoms with Crippen molar-refractivity contribution >= 4 is 27.7 Å². The maximum Gasteiger partial charge on any atom is 0.271 e. The van der Waals surface area contributed by atoms with E-state index in [0.717, 1.165) is 21.8 Å². The Kier molecular flexibility index (Phi) is 4.63. The average molecular weight is 410 g/mol. The zero-order chi connectivity index (χ0) is 20.8. The highest BCUT2D eigenvalue weighted by molar-refractivity contribution is 7.91. The molecule has 29 heavy (non-hydrogen) atoms. The maximum atomic E-state index is 13.2. The molecular formula is C21H18N2O5S. The van der Waals surface area contributed by atoms with Crippen LogP contribution in [0.25, 0.3) is 6.08 Å². The van der Waals surface area contributed by atoms with E-state index in [2.05, 4.69) is 0 Å². The van der Waals surface area contributed by atoms with Crippen molar-refractivity contribution in [2.24, 2.45) is 0 Å². The number of para-hydroxylation sites is 1. The summed E-state index contributed by atoms with van der Waals surface area (Å²) in [6.45, 7) is 1.80. The molecule has 1 unspecified atom stereocenters. The molecule has 1 aromatic rings. The highest BCUT2D eigenvalue weighted by Gasteiger charge is 2.43. The van der Waals surface area contributed by atoms with Gasteiger partial charge in [-0.25, -0.2) is 8.42 Å². The first-order valence-corrected chi connectivity index (χ1v) is 11.0. The Balaban J connectivity index is 1.77. The molecule has 1 fully saturated rings. The van der Waals surface area contributed by atoms with Crippen LogP contribution in [0.1, 0.15) is 18.9 Å². The molecule has 1 saturated heterocycles. The second-order valence-corrected chi connectivity index (χ2v) is 9.48. The van der Waals surface area contributed by atoms with Gasteiger partial charge in [-0.15, -0.1) is 0 Å². The van der Waals surface area contributed by atoms with Crippen LogP contribution in [-0.4, -0.2) is 49.3 Å². The monoisotopic (exact) mass is 410 g/mol. The molecule has 0 spiro atoms. The molecule has 148 valence electrons. The van der Waals surface area contributed by atoms with Crippen molar-refractivity contribution in [1.29, 1.82) is 5.26 Å². The first-order chi connectivity index (χ1) is 13.8. The standard InChI is InChI=1S/C21H18N2O5S/c1-13-17(9-14-8-15-4-2-3-5-19(15)28-11-14)20(24)23(21(25)18(13)10-22)16-6-7-29(26,27)12-16/h2-5,8-9,16H,6-7,11-12H2,1H3. The van der Waals surface area contributed by atoms with Crippen molar-refractivity contribution in [1.82, 2.24) is 4.90 Å². The molecule has 7 nitrogen and oxygen atoms in total. The molecule has 0 radical (unpaired) electrons. The van der Waals surface area contributed by atoms with Crippen molar-refractivity contribution in [3.05, 3.63) is 58.2 Å². The Hall–Kier alpha value is -3.18. The van der Waals surface area contributed by atoms with Gasteiger partial charge in [0.25, 0.3) is 11.8 Å². The molecule has 0 bridgehead atoms. The third kappa shape index (κ3) is 3.38. The van der Waals surface area contributed by atoms with Crippen LogP contribution < -0.4 is 4.74 Å². The summed E-state index contributed by atoms with van der Waals surface area (Å²) in [6, 6.07) is 8.60. The predicted molar refractivity (Wildman–Crippen MR) is 105 cm³/mol. The molecule has 0 saturated carbocycles. The second-order valence-electron chi connectivity index (χ2n) is 7.25. The fourth-order valence-electron chi connectivity index (χ4n) is 3.81. The van der Waals surface area contributed by atoms with Gasteiger partial charge in [-0.2, -0.15) is 5.26 Å². The normalized spacial score (nSPS) is 24.8. The van der Waals surface area contributed by atoms with E-state index in [9.17, 15) is 23.3 Å². The highest BCUT2D eigenvalue weighted by Crippen LogP contribution is 2.32. The summed E-state index contributed by atoms with van der Waals surface area (Å²) in [7, 11) is -3.30. The zero-order valence-corrected chi connectivity index (χ0v) is 16.5. The minimum atomic E-state index is -3.30. The Morgan fingerprint density at radius 1 is 1.24 bits per heavy atom. The number of hydrogen-bond donors (Lipinski definition) is 0. The number of nitriles is 1. The third-order valence-corrected chi connectivity index (χ3v) is 7.08. The van der Waals surface area contributed by atoms with Crippen LogP contribution in [0.4, 0.5) is 0 Å². The van der Waals surface area contributed by atoms with E-state index in [1.54, 1.807) is 13.0 Å². The molecule has 2 amide bonds. The maximum absolute atomic E-state index is 13.2. The van der Waals surface area contributed by atoms with Gasteiger partial charge < -0.3 is 4.74 Å². The number of benzene rings is 1. The van der Waals surface area contributed by atoms with Gasteiger partial charge in [-0.05, 0) is 42.7 Å². The van der Waals surface area contributed by atoms with Gasteiger partial charge in [0.2, 0.25) is 0 Å². The van der Waals surface area contributed by atoms with Gasteiger partial charge in [0.15, 0.2) is 9.84 Å². The number of amides is 2. The fourth-order valence-corrected chi connectivity index (χ4v) is 5.51. The van der Waals surface area contributed by atoms with E-state index in [1.807, 2.05) is 36.4 Å². The second kappa shape index (κ2) is 7.01. The lowest BCUT2D eigenvalue weighted by Gasteiger charge is -2.31. The van der Waals surface area contributed by atoms with Crippen LogP contribution in [0.3, 0.4) is 0 Å². The number of fused-ring (bicyclic) bond motifs is 1. The summed E-state index contributed by atoms with van der Waals surface area (Å²) >= 11 is 0. The molecule has 3 aliphatic rings. The zero-order valence-electron chi connectivity index (χ0n) is 15.7. The Bertz CT molecular complexity index is 1170. The van der Waals surface area contributed by atoms with E-state index in [-0.39, 0.29) is 35.7 Å². The topological polar surface area (TPSA) is 105 Å². The highest BCUT2D eigenvalue weighted by atomic mass is 32.2. The largest absolute Gasteiger partial charge is 0.488 e. The lowest BCUT2D eigenvalue weighted by Crippen LogP contribution is -2.49. The summed E-state index contributed by atoms with van der Waals surface area (Å²) in [5.74, 6) is -0.910. The average Bonchev–Trinajstić information content (AvgIpc) is 3.05. The summed E-state index contributed by atoms with van der Waals surface area (Å²) in [6.07, 6.45) is 3.69. The first kappa shape index (κ1) is 19.2. The van der Waals surface area contributed by atoms with Gasteiger partial charge in [0, 0.05) is 11.1 Å². The summed E-state index contributed by atoms with van der Waals surface area (Å²) in [4.78, 5) is 26.8. The van der Waals surface area contributed by atoms with Crippen LogP contribution in [-0.2, 0) is 19.4 Å². The predicted octanol–water partition coefficient (Wildman–Crippen LogP) is 1.78. The Morgan fingerprint density at radius 3 is 2.69 bits per heavy atom. The minimum absolute atomic E-state index is 0.0753. The summed E-state index contributed by atoms with van der Waals surface area (Å²) in [5.41, 5.74) is 1.94. The molecular weight excluding hydrogens is 392 g/mol. The number of nitrogens with zero attached hydrogens (tertiary/aromatic N) is 2. The lowest BCUT2D eigenvalue weighted by molar-refractivity contribution is -0.142. The van der Waals surface area contributed by atoms with Crippen LogP contribution >= 0.6 is 0 Å². The van der Waals surface area contributed by atoms with Crippen molar-refractivity contribution in [2.45, 2.75) is 19.4 Å². The van der Waals surface area contributed by atoms with Crippen LogP contribution in [0, 0.1) is 11.3 Å². The Morgan fingerprint density at radius 2 is 2.00 bits per heavy atom. The number of sulfone groups is 1. The van der Waals surface area contributed by atoms with E-state index in [1.165, 1.54) is 0 Å².